The second-order valence-electron chi connectivity index (χ2n) is 7.46. The molecule has 7 nitrogen and oxygen atoms in total. The Morgan fingerprint density at radius 2 is 1.87 bits per heavy atom. The number of nitrogens with two attached hydrogens (primary N) is 1. The molecule has 2 heterocycles. The normalized spacial score (nSPS) is 18.3. The number of amides is 2. The van der Waals surface area contributed by atoms with Gasteiger partial charge in [-0.1, -0.05) is 42.5 Å². The van der Waals surface area contributed by atoms with E-state index in [9.17, 15) is 19.5 Å². The highest BCUT2D eigenvalue weighted by Gasteiger charge is 2.54. The van der Waals surface area contributed by atoms with Crippen molar-refractivity contribution in [3.63, 3.8) is 0 Å². The zero-order valence-corrected chi connectivity index (χ0v) is 16.2. The fraction of sp³-hybridized carbons (Fsp3) is 0.217. The molecule has 0 radical (unpaired) electrons. The number of nitrogen functional groups attached to an aromatic ring is 1. The molecule has 30 heavy (non-hydrogen) atoms. The molecule has 1 aromatic heterocycles. The molecular weight excluding hydrogens is 382 g/mol. The van der Waals surface area contributed by atoms with Crippen molar-refractivity contribution in [2.24, 2.45) is 5.92 Å². The fourth-order valence-corrected chi connectivity index (χ4v) is 4.05. The number of likely N-dealkylation sites (tertiary alicyclic amines) is 1. The van der Waals surface area contributed by atoms with E-state index < -0.39 is 29.7 Å². The molecule has 3 aromatic rings. The average Bonchev–Trinajstić information content (AvgIpc) is 2.73. The van der Waals surface area contributed by atoms with Gasteiger partial charge in [0.2, 0.25) is 11.8 Å². The Bertz CT molecular complexity index is 1140. The Labute approximate surface area is 173 Å². The lowest BCUT2D eigenvalue weighted by Crippen LogP contribution is -2.66. The van der Waals surface area contributed by atoms with Crippen LogP contribution in [0, 0.1) is 5.92 Å². The third-order valence-electron chi connectivity index (χ3n) is 5.50. The number of benzene rings is 2. The largest absolute Gasteiger partial charge is 0.480 e. The van der Waals surface area contributed by atoms with Crippen LogP contribution in [-0.2, 0) is 27.2 Å². The highest BCUT2D eigenvalue weighted by atomic mass is 16.4. The molecule has 0 spiro atoms. The van der Waals surface area contributed by atoms with Crippen molar-refractivity contribution in [3.05, 3.63) is 72.1 Å². The number of aryl methyl sites for hydroxylation is 1. The summed E-state index contributed by atoms with van der Waals surface area (Å²) in [4.78, 5) is 42.0. The van der Waals surface area contributed by atoms with Crippen LogP contribution in [0.1, 0.15) is 17.5 Å². The number of hydrogen-bond acceptors (Lipinski definition) is 5. The van der Waals surface area contributed by atoms with Crippen molar-refractivity contribution in [1.82, 2.24) is 9.88 Å². The smallest absolute Gasteiger partial charge is 0.327 e. The van der Waals surface area contributed by atoms with Crippen LogP contribution < -0.4 is 5.73 Å². The van der Waals surface area contributed by atoms with Gasteiger partial charge in [0.25, 0.3) is 0 Å². The fourth-order valence-electron chi connectivity index (χ4n) is 4.05. The Hall–Kier alpha value is -3.74. The van der Waals surface area contributed by atoms with Crippen molar-refractivity contribution >= 4 is 34.2 Å². The van der Waals surface area contributed by atoms with Crippen LogP contribution in [0.15, 0.2) is 60.9 Å². The molecule has 1 aliphatic heterocycles. The van der Waals surface area contributed by atoms with Crippen LogP contribution in [0.4, 0.5) is 5.69 Å². The minimum absolute atomic E-state index is 0.0656. The van der Waals surface area contributed by atoms with Crippen molar-refractivity contribution in [2.45, 2.75) is 25.3 Å². The first-order valence-corrected chi connectivity index (χ1v) is 9.70. The van der Waals surface area contributed by atoms with Gasteiger partial charge in [-0.2, -0.15) is 0 Å². The topological polar surface area (TPSA) is 114 Å². The van der Waals surface area contributed by atoms with Gasteiger partial charge in [-0.15, -0.1) is 0 Å². The summed E-state index contributed by atoms with van der Waals surface area (Å²) in [6.45, 7) is 0. The van der Waals surface area contributed by atoms with Crippen LogP contribution in [0.3, 0.4) is 0 Å². The van der Waals surface area contributed by atoms with Crippen molar-refractivity contribution in [1.29, 1.82) is 0 Å². The van der Waals surface area contributed by atoms with Crippen LogP contribution in [0.5, 0.6) is 0 Å². The number of carbonyl (C=O) groups excluding carboxylic acids is 2. The average molecular weight is 403 g/mol. The monoisotopic (exact) mass is 403 g/mol. The van der Waals surface area contributed by atoms with E-state index in [-0.39, 0.29) is 12.8 Å². The molecule has 1 saturated heterocycles. The maximum atomic E-state index is 12.7. The molecule has 2 amide bonds. The second-order valence-corrected chi connectivity index (χ2v) is 7.46. The first-order valence-electron chi connectivity index (χ1n) is 9.70. The Morgan fingerprint density at radius 1 is 1.10 bits per heavy atom. The summed E-state index contributed by atoms with van der Waals surface area (Å²) < 4.78 is 0. The number of nitrogens with zero attached hydrogens (tertiary/aromatic N) is 2. The zero-order chi connectivity index (χ0) is 21.3. The number of aliphatic carboxylic acids is 1. The van der Waals surface area contributed by atoms with Crippen LogP contribution in [0.25, 0.3) is 10.8 Å². The summed E-state index contributed by atoms with van der Waals surface area (Å²) in [5.41, 5.74) is 7.80. The summed E-state index contributed by atoms with van der Waals surface area (Å²) >= 11 is 0. The molecule has 152 valence electrons. The number of hydrogen-bond donors (Lipinski definition) is 2. The van der Waals surface area contributed by atoms with E-state index in [4.69, 9.17) is 5.73 Å². The van der Waals surface area contributed by atoms with Gasteiger partial charge in [-0.25, -0.2) is 4.79 Å². The van der Waals surface area contributed by atoms with Crippen molar-refractivity contribution in [2.75, 3.05) is 5.73 Å². The number of anilines is 1. The molecule has 2 aromatic carbocycles. The number of rotatable bonds is 6. The summed E-state index contributed by atoms with van der Waals surface area (Å²) in [5.74, 6) is -2.92. The predicted molar refractivity (Wildman–Crippen MR) is 111 cm³/mol. The van der Waals surface area contributed by atoms with Crippen LogP contribution in [0.2, 0.25) is 0 Å². The Morgan fingerprint density at radius 3 is 2.63 bits per heavy atom. The van der Waals surface area contributed by atoms with Gasteiger partial charge in [-0.3, -0.25) is 19.5 Å². The number of β-lactam (4-membered cyclic amide) rings is 1. The maximum Gasteiger partial charge on any atom is 0.327 e. The predicted octanol–water partition coefficient (Wildman–Crippen LogP) is 2.43. The standard InChI is InChI=1S/C23H21N3O4/c24-17-10-14(12-25-13-17)11-19-21(23(29)30)26(22(19)28)20(27)9-8-16-6-3-5-15-4-1-2-7-18(15)16/h1-7,10,12-13,19,21H,8-9,11,24H2,(H,29,30)/t19-,21+/m1/s1. The van der Waals surface area contributed by atoms with E-state index >= 15 is 0 Å². The molecule has 4 rings (SSSR count). The lowest BCUT2D eigenvalue weighted by Gasteiger charge is -2.43. The van der Waals surface area contributed by atoms with E-state index in [0.717, 1.165) is 21.2 Å². The minimum Gasteiger partial charge on any atom is -0.480 e. The SMILES string of the molecule is Nc1cncc(C[C@H]2C(=O)N(C(=O)CCc3cccc4ccccc34)[C@@H]2C(=O)O)c1. The molecule has 0 unspecified atom stereocenters. The van der Waals surface area contributed by atoms with Gasteiger partial charge in [-0.05, 0) is 40.8 Å². The van der Waals surface area contributed by atoms with Gasteiger partial charge < -0.3 is 10.8 Å². The molecule has 0 bridgehead atoms. The summed E-state index contributed by atoms with van der Waals surface area (Å²) in [7, 11) is 0. The molecule has 0 aliphatic carbocycles. The number of carboxylic acid groups (broad SMARTS) is 1. The van der Waals surface area contributed by atoms with Gasteiger partial charge in [0.15, 0.2) is 0 Å². The number of carboxylic acids is 1. The van der Waals surface area contributed by atoms with Gasteiger partial charge >= 0.3 is 5.97 Å². The lowest BCUT2D eigenvalue weighted by atomic mass is 9.82. The molecule has 2 atom stereocenters. The summed E-state index contributed by atoms with van der Waals surface area (Å²) in [6, 6.07) is 14.2. The number of carbonyl (C=O) groups is 3. The minimum atomic E-state index is -1.19. The highest BCUT2D eigenvalue weighted by molar-refractivity contribution is 6.08. The Balaban J connectivity index is 1.47. The number of imide groups is 1. The summed E-state index contributed by atoms with van der Waals surface area (Å²) in [5, 5.41) is 11.7. The van der Waals surface area contributed by atoms with E-state index in [0.29, 0.717) is 17.7 Å². The van der Waals surface area contributed by atoms with E-state index in [1.807, 2.05) is 42.5 Å². The van der Waals surface area contributed by atoms with Crippen LogP contribution in [-0.4, -0.2) is 38.8 Å². The van der Waals surface area contributed by atoms with Gasteiger partial charge in [0.1, 0.15) is 6.04 Å². The van der Waals surface area contributed by atoms with E-state index in [1.54, 1.807) is 12.3 Å². The number of pyridine rings is 1. The first kappa shape index (κ1) is 19.6. The van der Waals surface area contributed by atoms with Crippen molar-refractivity contribution in [3.8, 4) is 0 Å². The number of fused-ring (bicyclic) bond motifs is 1. The molecule has 1 fully saturated rings. The lowest BCUT2D eigenvalue weighted by molar-refractivity contribution is -0.177. The van der Waals surface area contributed by atoms with Crippen molar-refractivity contribution < 1.29 is 19.5 Å². The third-order valence-corrected chi connectivity index (χ3v) is 5.50. The third kappa shape index (κ3) is 3.61. The van der Waals surface area contributed by atoms with Crippen LogP contribution >= 0.6 is 0 Å². The molecular formula is C23H21N3O4. The molecule has 1 aliphatic rings. The summed E-state index contributed by atoms with van der Waals surface area (Å²) in [6.07, 6.45) is 3.70. The Kier molecular flexibility index (Phi) is 5.18. The molecule has 0 saturated carbocycles. The van der Waals surface area contributed by atoms with E-state index in [2.05, 4.69) is 4.98 Å². The quantitative estimate of drug-likeness (QED) is 0.611. The molecule has 3 N–H and O–H groups in total. The van der Waals surface area contributed by atoms with E-state index in [1.165, 1.54) is 6.20 Å². The van der Waals surface area contributed by atoms with Gasteiger partial charge in [0, 0.05) is 18.8 Å². The van der Waals surface area contributed by atoms with Gasteiger partial charge in [0.05, 0.1) is 11.6 Å². The zero-order valence-electron chi connectivity index (χ0n) is 16.2. The number of aromatic nitrogens is 1. The molecule has 7 heteroatoms. The first-order chi connectivity index (χ1) is 14.5. The maximum absolute atomic E-state index is 12.7. The highest BCUT2D eigenvalue weighted by Crippen LogP contribution is 2.32. The second kappa shape index (κ2) is 7.94.